The van der Waals surface area contributed by atoms with Gasteiger partial charge in [0.15, 0.2) is 0 Å². The van der Waals surface area contributed by atoms with Crippen LogP contribution in [-0.4, -0.2) is 26.1 Å². The summed E-state index contributed by atoms with van der Waals surface area (Å²) in [6.07, 6.45) is 0. The van der Waals surface area contributed by atoms with E-state index >= 15 is 0 Å². The van der Waals surface area contributed by atoms with Gasteiger partial charge in [-0.25, -0.2) is 9.97 Å². The zero-order valence-electron chi connectivity index (χ0n) is 15.6. The molecule has 1 aromatic heterocycles. The van der Waals surface area contributed by atoms with E-state index in [1.54, 1.807) is 48.5 Å². The SMILES string of the molecule is O=C(Cl)C(=O)/C(=C(\O)c1ccccc1)c1nc2ccccc2nc1-c1ccccc1. The van der Waals surface area contributed by atoms with E-state index in [0.717, 1.165) is 0 Å². The molecule has 1 N–H and O–H groups in total. The fourth-order valence-corrected chi connectivity index (χ4v) is 3.23. The van der Waals surface area contributed by atoms with Crippen molar-refractivity contribution in [3.8, 4) is 11.3 Å². The summed E-state index contributed by atoms with van der Waals surface area (Å²) < 4.78 is 0. The van der Waals surface area contributed by atoms with Crippen LogP contribution in [0.1, 0.15) is 11.3 Å². The van der Waals surface area contributed by atoms with Crippen molar-refractivity contribution in [2.24, 2.45) is 0 Å². The average molecular weight is 415 g/mol. The Morgan fingerprint density at radius 1 is 0.733 bits per heavy atom. The minimum Gasteiger partial charge on any atom is -0.506 e. The summed E-state index contributed by atoms with van der Waals surface area (Å²) in [7, 11) is 0. The van der Waals surface area contributed by atoms with Crippen LogP contribution >= 0.6 is 11.6 Å². The second-order valence-electron chi connectivity index (χ2n) is 6.47. The van der Waals surface area contributed by atoms with Gasteiger partial charge in [-0.1, -0.05) is 72.8 Å². The summed E-state index contributed by atoms with van der Waals surface area (Å²) in [6.45, 7) is 0. The van der Waals surface area contributed by atoms with Crippen LogP contribution in [0.5, 0.6) is 0 Å². The normalized spacial score (nSPS) is 11.8. The maximum Gasteiger partial charge on any atom is 0.293 e. The van der Waals surface area contributed by atoms with Crippen LogP contribution in [0.3, 0.4) is 0 Å². The lowest BCUT2D eigenvalue weighted by Gasteiger charge is -2.14. The molecule has 0 radical (unpaired) electrons. The zero-order chi connectivity index (χ0) is 21.1. The van der Waals surface area contributed by atoms with Gasteiger partial charge in [-0.15, -0.1) is 0 Å². The fraction of sp³-hybridized carbons (Fsp3) is 0. The second-order valence-corrected chi connectivity index (χ2v) is 6.81. The second kappa shape index (κ2) is 8.27. The number of hydrogen-bond donors (Lipinski definition) is 1. The number of halogens is 1. The molecule has 5 nitrogen and oxygen atoms in total. The van der Waals surface area contributed by atoms with Crippen LogP contribution in [0.25, 0.3) is 33.6 Å². The molecule has 0 spiro atoms. The summed E-state index contributed by atoms with van der Waals surface area (Å²) >= 11 is 5.54. The number of benzene rings is 3. The van der Waals surface area contributed by atoms with E-state index < -0.39 is 16.8 Å². The Hall–Kier alpha value is -3.83. The van der Waals surface area contributed by atoms with Crippen molar-refractivity contribution in [3.05, 3.63) is 96.2 Å². The van der Waals surface area contributed by atoms with Gasteiger partial charge in [-0.3, -0.25) is 9.59 Å². The minimum atomic E-state index is -1.22. The summed E-state index contributed by atoms with van der Waals surface area (Å²) in [6, 6.07) is 24.7. The number of carbonyl (C=O) groups is 2. The molecule has 4 rings (SSSR count). The molecule has 0 atom stereocenters. The Kier molecular flexibility index (Phi) is 5.37. The van der Waals surface area contributed by atoms with E-state index in [0.29, 0.717) is 27.9 Å². The van der Waals surface area contributed by atoms with Crippen molar-refractivity contribution in [3.63, 3.8) is 0 Å². The van der Waals surface area contributed by atoms with Crippen molar-refractivity contribution in [2.75, 3.05) is 0 Å². The smallest absolute Gasteiger partial charge is 0.293 e. The molecule has 0 saturated carbocycles. The number of aromatic nitrogens is 2. The highest BCUT2D eigenvalue weighted by atomic mass is 35.5. The van der Waals surface area contributed by atoms with Crippen LogP contribution in [-0.2, 0) is 9.59 Å². The molecule has 146 valence electrons. The highest BCUT2D eigenvalue weighted by Crippen LogP contribution is 2.33. The van der Waals surface area contributed by atoms with Crippen molar-refractivity contribution < 1.29 is 14.7 Å². The van der Waals surface area contributed by atoms with Crippen LogP contribution < -0.4 is 0 Å². The third kappa shape index (κ3) is 3.71. The van der Waals surface area contributed by atoms with Gasteiger partial charge in [0, 0.05) is 11.1 Å². The molecule has 0 aliphatic carbocycles. The van der Waals surface area contributed by atoms with Gasteiger partial charge in [-0.05, 0) is 23.7 Å². The van der Waals surface area contributed by atoms with Gasteiger partial charge < -0.3 is 5.11 Å². The number of nitrogens with zero attached hydrogens (tertiary/aromatic N) is 2. The molecule has 0 bridgehead atoms. The molecule has 0 aliphatic heterocycles. The first-order valence-electron chi connectivity index (χ1n) is 9.11. The van der Waals surface area contributed by atoms with Crippen molar-refractivity contribution in [1.82, 2.24) is 9.97 Å². The molecule has 1 heterocycles. The molecule has 30 heavy (non-hydrogen) atoms. The number of carbonyl (C=O) groups excluding carboxylic acids is 2. The molecule has 0 fully saturated rings. The quantitative estimate of drug-likeness (QED) is 0.214. The van der Waals surface area contributed by atoms with E-state index in [1.807, 2.05) is 36.4 Å². The third-order valence-electron chi connectivity index (χ3n) is 4.54. The standard InChI is InChI=1S/C24H15ClN2O3/c25-24(30)23(29)19(22(28)16-11-5-2-6-12-16)21-20(15-9-3-1-4-10-15)26-17-13-7-8-14-18(17)27-21/h1-14,28H/b22-19-. The highest BCUT2D eigenvalue weighted by Gasteiger charge is 2.28. The lowest BCUT2D eigenvalue weighted by molar-refractivity contribution is -0.128. The van der Waals surface area contributed by atoms with Crippen LogP contribution in [0.15, 0.2) is 84.9 Å². The van der Waals surface area contributed by atoms with Crippen molar-refractivity contribution in [1.29, 1.82) is 0 Å². The molecule has 0 aliphatic rings. The molecule has 0 saturated heterocycles. The molecule has 4 aromatic rings. The average Bonchev–Trinajstić information content (AvgIpc) is 2.79. The zero-order valence-corrected chi connectivity index (χ0v) is 16.4. The number of rotatable bonds is 5. The molecule has 6 heteroatoms. The first-order chi connectivity index (χ1) is 14.6. The highest BCUT2D eigenvalue weighted by molar-refractivity contribution is 6.86. The number of aliphatic hydroxyl groups is 1. The Balaban J connectivity index is 2.09. The van der Waals surface area contributed by atoms with Crippen LogP contribution in [0.4, 0.5) is 0 Å². The fourth-order valence-electron chi connectivity index (χ4n) is 3.14. The van der Waals surface area contributed by atoms with Crippen LogP contribution in [0.2, 0.25) is 0 Å². The van der Waals surface area contributed by atoms with Gasteiger partial charge in [0.25, 0.3) is 11.0 Å². The monoisotopic (exact) mass is 414 g/mol. The van der Waals surface area contributed by atoms with Gasteiger partial charge >= 0.3 is 0 Å². The third-order valence-corrected chi connectivity index (χ3v) is 4.72. The first-order valence-corrected chi connectivity index (χ1v) is 9.49. The predicted octanol–water partition coefficient (Wildman–Crippen LogP) is 5.06. The van der Waals surface area contributed by atoms with E-state index in [1.165, 1.54) is 0 Å². The van der Waals surface area contributed by atoms with E-state index in [-0.39, 0.29) is 11.3 Å². The largest absolute Gasteiger partial charge is 0.506 e. The molecule has 0 amide bonds. The van der Waals surface area contributed by atoms with Crippen molar-refractivity contribution >= 4 is 45.0 Å². The molecular weight excluding hydrogens is 400 g/mol. The predicted molar refractivity (Wildman–Crippen MR) is 117 cm³/mol. The van der Waals surface area contributed by atoms with Gasteiger partial charge in [-0.2, -0.15) is 0 Å². The van der Waals surface area contributed by atoms with Crippen LogP contribution in [0, 0.1) is 0 Å². The van der Waals surface area contributed by atoms with E-state index in [9.17, 15) is 14.7 Å². The maximum absolute atomic E-state index is 12.8. The number of aliphatic hydroxyl groups excluding tert-OH is 1. The summed E-state index contributed by atoms with van der Waals surface area (Å²) in [5.41, 5.74) is 2.31. The number of hydrogen-bond acceptors (Lipinski definition) is 5. The lowest BCUT2D eigenvalue weighted by atomic mass is 9.97. The Morgan fingerprint density at radius 2 is 1.27 bits per heavy atom. The summed E-state index contributed by atoms with van der Waals surface area (Å²) in [5.74, 6) is -1.45. The Bertz CT molecular complexity index is 1290. The Labute approximate surface area is 177 Å². The van der Waals surface area contributed by atoms with Gasteiger partial charge in [0.05, 0.1) is 22.3 Å². The van der Waals surface area contributed by atoms with Gasteiger partial charge in [0.1, 0.15) is 11.5 Å². The van der Waals surface area contributed by atoms with E-state index in [4.69, 9.17) is 11.6 Å². The molecular formula is C24H15ClN2O3. The van der Waals surface area contributed by atoms with Gasteiger partial charge in [0.2, 0.25) is 0 Å². The van der Waals surface area contributed by atoms with E-state index in [2.05, 4.69) is 9.97 Å². The number of para-hydroxylation sites is 2. The molecule has 0 unspecified atom stereocenters. The number of Topliss-reactive ketones (excluding diaryl/α,β-unsaturated/α-hetero) is 1. The summed E-state index contributed by atoms with van der Waals surface area (Å²) in [4.78, 5) is 33.9. The minimum absolute atomic E-state index is 0.0836. The number of allylic oxidation sites excluding steroid dienone is 1. The topological polar surface area (TPSA) is 80.2 Å². The summed E-state index contributed by atoms with van der Waals surface area (Å²) in [5, 5.41) is 9.76. The lowest BCUT2D eigenvalue weighted by Crippen LogP contribution is -2.14. The maximum atomic E-state index is 12.8. The Morgan fingerprint density at radius 3 is 1.87 bits per heavy atom. The number of fused-ring (bicyclic) bond motifs is 1. The molecule has 3 aromatic carbocycles. The first kappa shape index (κ1) is 19.5. The van der Waals surface area contributed by atoms with Crippen molar-refractivity contribution in [2.45, 2.75) is 0 Å². The number of ketones is 1.